The number of carbonyl (C=O) groups is 2. The zero-order valence-electron chi connectivity index (χ0n) is 14.8. The molecule has 1 heterocycles. The molecule has 0 fully saturated rings. The summed E-state index contributed by atoms with van der Waals surface area (Å²) >= 11 is 0. The first-order valence-electron chi connectivity index (χ1n) is 8.59. The Kier molecular flexibility index (Phi) is 5.93. The van der Waals surface area contributed by atoms with Crippen LogP contribution in [0.15, 0.2) is 48.6 Å². The van der Waals surface area contributed by atoms with Gasteiger partial charge in [-0.2, -0.15) is 0 Å². The van der Waals surface area contributed by atoms with Gasteiger partial charge in [0.05, 0.1) is 6.10 Å². The normalized spacial score (nSPS) is 15.6. The average molecular weight is 385 g/mol. The summed E-state index contributed by atoms with van der Waals surface area (Å²) in [6.45, 7) is 0.651. The number of phenols is 2. The molecule has 0 aromatic heterocycles. The van der Waals surface area contributed by atoms with Crippen molar-refractivity contribution in [3.05, 3.63) is 59.7 Å². The standard InChI is InChI=1S/C20H19NO7/c22-14-10-13(15(23)11-21-9-8-12-4-2-1-3-5-12)19-18(26)20(14)28-17(25)7-6-16(24)27-19/h1-7,10,15,21-23,26H,8-9,11H2/b7-6+/t15-/m1/s1. The molecular formula is C20H19NO7. The van der Waals surface area contributed by atoms with Crippen LogP contribution < -0.4 is 14.8 Å². The molecule has 0 saturated heterocycles. The van der Waals surface area contributed by atoms with Crippen LogP contribution in [0.3, 0.4) is 0 Å². The smallest absolute Gasteiger partial charge is 0.336 e. The molecule has 1 atom stereocenters. The number of hydrogen-bond donors (Lipinski definition) is 4. The maximum atomic E-state index is 11.8. The molecule has 146 valence electrons. The summed E-state index contributed by atoms with van der Waals surface area (Å²) in [5.74, 6) is -4.15. The van der Waals surface area contributed by atoms with Crippen molar-refractivity contribution in [2.75, 3.05) is 13.1 Å². The molecule has 8 heteroatoms. The first kappa shape index (κ1) is 19.4. The topological polar surface area (TPSA) is 125 Å². The highest BCUT2D eigenvalue weighted by Crippen LogP contribution is 2.47. The highest BCUT2D eigenvalue weighted by molar-refractivity contribution is 5.95. The zero-order valence-corrected chi connectivity index (χ0v) is 14.8. The van der Waals surface area contributed by atoms with E-state index in [1.165, 1.54) is 0 Å². The first-order chi connectivity index (χ1) is 13.5. The number of rotatable bonds is 6. The number of phenolic OH excluding ortho intramolecular Hbond substituents is 2. The maximum Gasteiger partial charge on any atom is 0.336 e. The lowest BCUT2D eigenvalue weighted by Gasteiger charge is -2.18. The molecular weight excluding hydrogens is 366 g/mol. The second kappa shape index (κ2) is 8.55. The van der Waals surface area contributed by atoms with E-state index in [1.54, 1.807) is 0 Å². The van der Waals surface area contributed by atoms with Crippen LogP contribution in [-0.4, -0.2) is 40.3 Å². The van der Waals surface area contributed by atoms with Crippen LogP contribution in [0.5, 0.6) is 23.0 Å². The third-order valence-electron chi connectivity index (χ3n) is 4.11. The lowest BCUT2D eigenvalue weighted by molar-refractivity contribution is -0.131. The Bertz CT molecular complexity index is 909. The molecule has 0 spiro atoms. The largest absolute Gasteiger partial charge is 0.504 e. The number of aromatic hydroxyl groups is 2. The Balaban J connectivity index is 1.75. The number of nitrogens with one attached hydrogen (secondary N) is 1. The average Bonchev–Trinajstić information content (AvgIpc) is 2.72. The fourth-order valence-corrected chi connectivity index (χ4v) is 2.73. The Hall–Kier alpha value is -3.36. The summed E-state index contributed by atoms with van der Waals surface area (Å²) in [7, 11) is 0. The van der Waals surface area contributed by atoms with Crippen LogP contribution in [0.4, 0.5) is 0 Å². The molecule has 0 saturated carbocycles. The Labute approximate surface area is 160 Å². The molecule has 2 aromatic carbocycles. The maximum absolute atomic E-state index is 11.8. The van der Waals surface area contributed by atoms with E-state index in [9.17, 15) is 24.9 Å². The van der Waals surface area contributed by atoms with Gasteiger partial charge >= 0.3 is 11.9 Å². The molecule has 0 amide bonds. The summed E-state index contributed by atoms with van der Waals surface area (Å²) in [6.07, 6.45) is 1.16. The molecule has 1 aliphatic rings. The number of esters is 2. The molecule has 2 aromatic rings. The van der Waals surface area contributed by atoms with Crippen molar-refractivity contribution >= 4 is 11.9 Å². The lowest BCUT2D eigenvalue weighted by atomic mass is 10.1. The van der Waals surface area contributed by atoms with E-state index >= 15 is 0 Å². The first-order valence-corrected chi connectivity index (χ1v) is 8.59. The van der Waals surface area contributed by atoms with Crippen molar-refractivity contribution in [2.24, 2.45) is 0 Å². The zero-order chi connectivity index (χ0) is 20.1. The molecule has 0 aliphatic carbocycles. The van der Waals surface area contributed by atoms with Gasteiger partial charge in [-0.15, -0.1) is 0 Å². The van der Waals surface area contributed by atoms with Crippen LogP contribution >= 0.6 is 0 Å². The molecule has 3 rings (SSSR count). The number of hydrogen-bond acceptors (Lipinski definition) is 8. The minimum atomic E-state index is -1.20. The van der Waals surface area contributed by atoms with Gasteiger partial charge in [0.2, 0.25) is 11.5 Å². The van der Waals surface area contributed by atoms with E-state index in [0.717, 1.165) is 30.2 Å². The summed E-state index contributed by atoms with van der Waals surface area (Å²) in [5.41, 5.74) is 1.11. The SMILES string of the molecule is O=C1/C=C/C(=O)Oc2c([C@H](O)CNCCc3ccccc3)cc(O)c(c2O)O1. The Morgan fingerprint density at radius 3 is 2.29 bits per heavy atom. The number of ether oxygens (including phenoxy) is 2. The van der Waals surface area contributed by atoms with Crippen LogP contribution in [0, 0.1) is 0 Å². The fraction of sp³-hybridized carbons (Fsp3) is 0.200. The highest BCUT2D eigenvalue weighted by atomic mass is 16.6. The summed E-state index contributed by atoms with van der Waals surface area (Å²) in [6, 6.07) is 10.9. The van der Waals surface area contributed by atoms with Crippen molar-refractivity contribution < 1.29 is 34.4 Å². The number of fused-ring (bicyclic) bond motifs is 2. The van der Waals surface area contributed by atoms with Crippen LogP contribution in [0.1, 0.15) is 17.2 Å². The van der Waals surface area contributed by atoms with Crippen molar-refractivity contribution in [1.29, 1.82) is 0 Å². The molecule has 8 nitrogen and oxygen atoms in total. The van der Waals surface area contributed by atoms with E-state index in [1.807, 2.05) is 30.3 Å². The van der Waals surface area contributed by atoms with Crippen molar-refractivity contribution in [1.82, 2.24) is 5.32 Å². The third kappa shape index (κ3) is 4.48. The van der Waals surface area contributed by atoms with Crippen LogP contribution in [0.2, 0.25) is 0 Å². The van der Waals surface area contributed by atoms with Gasteiger partial charge in [-0.1, -0.05) is 30.3 Å². The second-order valence-corrected chi connectivity index (χ2v) is 6.12. The van der Waals surface area contributed by atoms with E-state index in [4.69, 9.17) is 9.47 Å². The minimum absolute atomic E-state index is 0.0225. The summed E-state index contributed by atoms with van der Waals surface area (Å²) < 4.78 is 9.84. The third-order valence-corrected chi connectivity index (χ3v) is 4.11. The summed E-state index contributed by atoms with van der Waals surface area (Å²) in [5, 5.41) is 33.9. The van der Waals surface area contributed by atoms with Crippen LogP contribution in [-0.2, 0) is 16.0 Å². The van der Waals surface area contributed by atoms with Crippen molar-refractivity contribution in [3.8, 4) is 23.0 Å². The van der Waals surface area contributed by atoms with Crippen molar-refractivity contribution in [3.63, 3.8) is 0 Å². The van der Waals surface area contributed by atoms with E-state index in [0.29, 0.717) is 6.54 Å². The monoisotopic (exact) mass is 385 g/mol. The second-order valence-electron chi connectivity index (χ2n) is 6.12. The van der Waals surface area contributed by atoms with Gasteiger partial charge in [0.15, 0.2) is 11.5 Å². The van der Waals surface area contributed by atoms with Crippen LogP contribution in [0.25, 0.3) is 0 Å². The summed E-state index contributed by atoms with van der Waals surface area (Å²) in [4.78, 5) is 23.3. The Morgan fingerprint density at radius 2 is 1.61 bits per heavy atom. The van der Waals surface area contributed by atoms with E-state index in [-0.39, 0.29) is 17.9 Å². The number of benzene rings is 2. The van der Waals surface area contributed by atoms with E-state index in [2.05, 4.69) is 5.32 Å². The number of aliphatic hydroxyl groups is 1. The van der Waals surface area contributed by atoms with Crippen molar-refractivity contribution in [2.45, 2.75) is 12.5 Å². The lowest BCUT2D eigenvalue weighted by Crippen LogP contribution is -2.24. The molecule has 1 aliphatic heterocycles. The van der Waals surface area contributed by atoms with Gasteiger partial charge in [-0.25, -0.2) is 9.59 Å². The van der Waals surface area contributed by atoms with Gasteiger partial charge in [0.1, 0.15) is 0 Å². The van der Waals surface area contributed by atoms with Gasteiger partial charge < -0.3 is 30.1 Å². The molecule has 0 unspecified atom stereocenters. The highest BCUT2D eigenvalue weighted by Gasteiger charge is 2.27. The van der Waals surface area contributed by atoms with E-state index < -0.39 is 35.3 Å². The molecule has 0 radical (unpaired) electrons. The van der Waals surface area contributed by atoms with Gasteiger partial charge in [-0.3, -0.25) is 0 Å². The number of carbonyl (C=O) groups excluding carboxylic acids is 2. The quantitative estimate of drug-likeness (QED) is 0.334. The predicted molar refractivity (Wildman–Crippen MR) is 98.2 cm³/mol. The van der Waals surface area contributed by atoms with Gasteiger partial charge in [-0.05, 0) is 24.6 Å². The molecule has 2 bridgehead atoms. The van der Waals surface area contributed by atoms with Gasteiger partial charge in [0, 0.05) is 24.3 Å². The fourth-order valence-electron chi connectivity index (χ4n) is 2.73. The molecule has 4 N–H and O–H groups in total. The Morgan fingerprint density at radius 1 is 0.964 bits per heavy atom. The minimum Gasteiger partial charge on any atom is -0.504 e. The van der Waals surface area contributed by atoms with Gasteiger partial charge in [0.25, 0.3) is 0 Å². The molecule has 28 heavy (non-hydrogen) atoms. The number of aliphatic hydroxyl groups excluding tert-OH is 1. The predicted octanol–water partition coefficient (Wildman–Crippen LogP) is 1.34.